The average Bonchev–Trinajstić information content (AvgIpc) is 3.07. The molecule has 0 radical (unpaired) electrons. The normalized spacial score (nSPS) is 12.0. The van der Waals surface area contributed by atoms with Gasteiger partial charge in [-0.25, -0.2) is 14.6 Å². The van der Waals surface area contributed by atoms with Gasteiger partial charge in [0.05, 0.1) is 11.3 Å². The Labute approximate surface area is 167 Å². The molecule has 2 rings (SSSR count). The largest absolute Gasteiger partial charge is 0.480 e. The van der Waals surface area contributed by atoms with Gasteiger partial charge in [-0.15, -0.1) is 0 Å². The summed E-state index contributed by atoms with van der Waals surface area (Å²) in [6.45, 7) is 4.01. The quantitative estimate of drug-likeness (QED) is 0.458. The van der Waals surface area contributed by atoms with E-state index in [-0.39, 0.29) is 31.0 Å². The first-order valence-corrected chi connectivity index (χ1v) is 9.13. The smallest absolute Gasteiger partial charge is 0.408 e. The van der Waals surface area contributed by atoms with E-state index in [4.69, 9.17) is 0 Å². The number of hydrogen-bond acceptors (Lipinski definition) is 5. The van der Waals surface area contributed by atoms with E-state index < -0.39 is 23.0 Å². The van der Waals surface area contributed by atoms with Gasteiger partial charge in [-0.2, -0.15) is 0 Å². The van der Waals surface area contributed by atoms with Gasteiger partial charge in [-0.1, -0.05) is 26.0 Å². The van der Waals surface area contributed by atoms with E-state index in [1.165, 1.54) is 12.1 Å². The molecule has 2 aromatic rings. The standard InChI is InChI=1S/C19H24N4O6/c1-13(2)8-17(18(24)25)22(19(26)27)7-6-16-10-20-12-21(16)11-14-4-3-5-15(9-14)23(28)29/h3-5,9-10,12-13,17H,6-8,11H2,1-2H3,(H,24,25)(H,26,27). The maximum absolute atomic E-state index is 11.6. The van der Waals surface area contributed by atoms with Gasteiger partial charge < -0.3 is 14.8 Å². The zero-order valence-corrected chi connectivity index (χ0v) is 16.3. The average molecular weight is 404 g/mol. The molecular weight excluding hydrogens is 380 g/mol. The maximum Gasteiger partial charge on any atom is 0.408 e. The zero-order chi connectivity index (χ0) is 21.6. The van der Waals surface area contributed by atoms with Crippen molar-refractivity contribution < 1.29 is 24.7 Å². The first-order chi connectivity index (χ1) is 13.7. The molecule has 29 heavy (non-hydrogen) atoms. The number of nitro benzene ring substituents is 1. The van der Waals surface area contributed by atoms with Crippen molar-refractivity contribution in [3.63, 3.8) is 0 Å². The summed E-state index contributed by atoms with van der Waals surface area (Å²) in [7, 11) is 0. The Morgan fingerprint density at radius 3 is 2.62 bits per heavy atom. The number of aromatic nitrogens is 2. The van der Waals surface area contributed by atoms with Crippen molar-refractivity contribution in [2.45, 2.75) is 39.3 Å². The van der Waals surface area contributed by atoms with Crippen molar-refractivity contribution >= 4 is 17.7 Å². The van der Waals surface area contributed by atoms with Gasteiger partial charge in [0.2, 0.25) is 0 Å². The molecule has 10 nitrogen and oxygen atoms in total. The van der Waals surface area contributed by atoms with Crippen molar-refractivity contribution in [3.05, 3.63) is 58.2 Å². The molecule has 0 saturated carbocycles. The highest BCUT2D eigenvalue weighted by Gasteiger charge is 2.30. The number of non-ortho nitro benzene ring substituents is 1. The summed E-state index contributed by atoms with van der Waals surface area (Å²) in [4.78, 5) is 38.7. The Bertz CT molecular complexity index is 879. The minimum atomic E-state index is -1.29. The van der Waals surface area contributed by atoms with Crippen molar-refractivity contribution in [3.8, 4) is 0 Å². The summed E-state index contributed by atoms with van der Waals surface area (Å²) in [6, 6.07) is 5.10. The molecule has 1 atom stereocenters. The fraction of sp³-hybridized carbons (Fsp3) is 0.421. The Hall–Kier alpha value is -3.43. The summed E-state index contributed by atoms with van der Waals surface area (Å²) in [5, 5.41) is 29.9. The summed E-state index contributed by atoms with van der Waals surface area (Å²) < 4.78 is 1.76. The Kier molecular flexibility index (Phi) is 7.29. The van der Waals surface area contributed by atoms with Gasteiger partial charge in [0, 0.05) is 43.5 Å². The molecule has 0 aliphatic rings. The van der Waals surface area contributed by atoms with Crippen LogP contribution in [-0.2, 0) is 17.8 Å². The number of carboxylic acids is 1. The molecule has 0 saturated heterocycles. The van der Waals surface area contributed by atoms with E-state index in [0.29, 0.717) is 17.8 Å². The van der Waals surface area contributed by atoms with Crippen LogP contribution in [0.4, 0.5) is 10.5 Å². The molecule has 0 spiro atoms. The monoisotopic (exact) mass is 404 g/mol. The molecule has 1 heterocycles. The molecule has 0 aliphatic heterocycles. The molecule has 1 unspecified atom stereocenters. The maximum atomic E-state index is 11.6. The molecule has 0 fully saturated rings. The second-order valence-corrected chi connectivity index (χ2v) is 7.15. The van der Waals surface area contributed by atoms with Crippen LogP contribution >= 0.6 is 0 Å². The van der Waals surface area contributed by atoms with Crippen LogP contribution in [0.15, 0.2) is 36.8 Å². The van der Waals surface area contributed by atoms with Crippen molar-refractivity contribution in [2.75, 3.05) is 6.54 Å². The molecule has 1 aromatic carbocycles. The van der Waals surface area contributed by atoms with Crippen LogP contribution in [-0.4, -0.2) is 54.2 Å². The number of carboxylic acid groups (broad SMARTS) is 2. The predicted octanol–water partition coefficient (Wildman–Crippen LogP) is 2.86. The zero-order valence-electron chi connectivity index (χ0n) is 16.3. The molecule has 1 aromatic heterocycles. The molecule has 1 amide bonds. The van der Waals surface area contributed by atoms with Gasteiger partial charge in [0.15, 0.2) is 0 Å². The fourth-order valence-electron chi connectivity index (χ4n) is 3.09. The van der Waals surface area contributed by atoms with Gasteiger partial charge in [0.1, 0.15) is 6.04 Å². The second-order valence-electron chi connectivity index (χ2n) is 7.15. The van der Waals surface area contributed by atoms with E-state index in [1.54, 1.807) is 29.2 Å². The van der Waals surface area contributed by atoms with Gasteiger partial charge >= 0.3 is 12.1 Å². The number of amides is 1. The Morgan fingerprint density at radius 1 is 1.31 bits per heavy atom. The minimum Gasteiger partial charge on any atom is -0.480 e. The van der Waals surface area contributed by atoms with Crippen LogP contribution in [0.5, 0.6) is 0 Å². The predicted molar refractivity (Wildman–Crippen MR) is 104 cm³/mol. The summed E-state index contributed by atoms with van der Waals surface area (Å²) in [6.07, 6.45) is 2.33. The lowest BCUT2D eigenvalue weighted by Gasteiger charge is -2.27. The molecule has 10 heteroatoms. The van der Waals surface area contributed by atoms with Crippen LogP contribution in [0.1, 0.15) is 31.5 Å². The summed E-state index contributed by atoms with van der Waals surface area (Å²) in [5.41, 5.74) is 1.40. The lowest BCUT2D eigenvalue weighted by molar-refractivity contribution is -0.384. The number of nitro groups is 1. The van der Waals surface area contributed by atoms with Crippen molar-refractivity contribution in [2.24, 2.45) is 5.92 Å². The highest BCUT2D eigenvalue weighted by atomic mass is 16.6. The van der Waals surface area contributed by atoms with Crippen LogP contribution in [0, 0.1) is 16.0 Å². The number of rotatable bonds is 10. The van der Waals surface area contributed by atoms with Crippen molar-refractivity contribution in [1.82, 2.24) is 14.5 Å². The number of carbonyl (C=O) groups is 2. The van der Waals surface area contributed by atoms with Crippen LogP contribution < -0.4 is 0 Å². The van der Waals surface area contributed by atoms with Crippen LogP contribution in [0.2, 0.25) is 0 Å². The third-order valence-corrected chi connectivity index (χ3v) is 4.48. The molecule has 0 aliphatic carbocycles. The first-order valence-electron chi connectivity index (χ1n) is 9.13. The van der Waals surface area contributed by atoms with E-state index in [2.05, 4.69) is 4.98 Å². The molecule has 2 N–H and O–H groups in total. The van der Waals surface area contributed by atoms with Crippen LogP contribution in [0.3, 0.4) is 0 Å². The highest BCUT2D eigenvalue weighted by Crippen LogP contribution is 2.17. The number of imidazole rings is 1. The van der Waals surface area contributed by atoms with Crippen LogP contribution in [0.25, 0.3) is 0 Å². The molecule has 156 valence electrons. The summed E-state index contributed by atoms with van der Waals surface area (Å²) in [5.74, 6) is -1.15. The third kappa shape index (κ3) is 6.03. The van der Waals surface area contributed by atoms with Gasteiger partial charge in [-0.3, -0.25) is 15.0 Å². The Morgan fingerprint density at radius 2 is 2.03 bits per heavy atom. The van der Waals surface area contributed by atoms with Gasteiger partial charge in [-0.05, 0) is 17.9 Å². The molecular formula is C19H24N4O6. The van der Waals surface area contributed by atoms with E-state index in [1.807, 2.05) is 13.8 Å². The van der Waals surface area contributed by atoms with Crippen molar-refractivity contribution in [1.29, 1.82) is 0 Å². The lowest BCUT2D eigenvalue weighted by atomic mass is 10.0. The highest BCUT2D eigenvalue weighted by molar-refractivity contribution is 5.79. The fourth-order valence-corrected chi connectivity index (χ4v) is 3.09. The molecule has 0 bridgehead atoms. The number of aliphatic carboxylic acids is 1. The topological polar surface area (TPSA) is 139 Å². The number of benzene rings is 1. The Balaban J connectivity index is 2.13. The number of nitrogens with zero attached hydrogens (tertiary/aromatic N) is 4. The van der Waals surface area contributed by atoms with E-state index in [0.717, 1.165) is 4.90 Å². The third-order valence-electron chi connectivity index (χ3n) is 4.48. The SMILES string of the molecule is CC(C)CC(C(=O)O)N(CCc1cncn1Cc1cccc([N+](=O)[O-])c1)C(=O)O. The van der Waals surface area contributed by atoms with Gasteiger partial charge in [0.25, 0.3) is 5.69 Å². The van der Waals surface area contributed by atoms with E-state index >= 15 is 0 Å². The second kappa shape index (κ2) is 9.67. The lowest BCUT2D eigenvalue weighted by Crippen LogP contribution is -2.46. The minimum absolute atomic E-state index is 0.000346. The summed E-state index contributed by atoms with van der Waals surface area (Å²) >= 11 is 0. The van der Waals surface area contributed by atoms with E-state index in [9.17, 15) is 29.9 Å². The first kappa shape index (κ1) is 21.9. The number of hydrogen-bond donors (Lipinski definition) is 2.